The Hall–Kier alpha value is -2.16. The van der Waals surface area contributed by atoms with Gasteiger partial charge >= 0.3 is 11.9 Å². The first-order valence-corrected chi connectivity index (χ1v) is 5.03. The van der Waals surface area contributed by atoms with E-state index in [0.717, 1.165) is 0 Å². The summed E-state index contributed by atoms with van der Waals surface area (Å²) in [5, 5.41) is 19.2. The number of nitrogens with one attached hydrogen (secondary N) is 1. The lowest BCUT2D eigenvalue weighted by Crippen LogP contribution is -2.49. The minimum atomic E-state index is -1.38. The molecule has 0 aromatic heterocycles. The zero-order chi connectivity index (χ0) is 14.3. The van der Waals surface area contributed by atoms with Crippen LogP contribution in [0.25, 0.3) is 0 Å². The van der Waals surface area contributed by atoms with Crippen molar-refractivity contribution in [2.24, 2.45) is 11.5 Å². The number of carbonyl (C=O) groups is 4. The highest BCUT2D eigenvalue weighted by atomic mass is 16.4. The summed E-state index contributed by atoms with van der Waals surface area (Å²) in [5.74, 6) is -4.23. The van der Waals surface area contributed by atoms with Gasteiger partial charge in [-0.25, -0.2) is 4.79 Å². The van der Waals surface area contributed by atoms with Crippen LogP contribution in [-0.2, 0) is 19.2 Å². The van der Waals surface area contributed by atoms with E-state index in [2.05, 4.69) is 0 Å². The van der Waals surface area contributed by atoms with Crippen LogP contribution in [0.5, 0.6) is 0 Å². The number of hydrogen-bond acceptors (Lipinski definition) is 5. The highest BCUT2D eigenvalue weighted by Gasteiger charge is 2.24. The van der Waals surface area contributed by atoms with E-state index in [1.165, 1.54) is 0 Å². The third-order valence-corrected chi connectivity index (χ3v) is 2.02. The second-order valence-electron chi connectivity index (χ2n) is 3.61. The highest BCUT2D eigenvalue weighted by molar-refractivity contribution is 5.90. The molecule has 9 nitrogen and oxygen atoms in total. The first-order chi connectivity index (χ1) is 8.23. The van der Waals surface area contributed by atoms with Gasteiger partial charge in [-0.15, -0.1) is 0 Å². The topological polar surface area (TPSA) is 173 Å². The molecule has 0 bridgehead atoms. The van der Waals surface area contributed by atoms with E-state index in [1.807, 2.05) is 5.32 Å². The van der Waals surface area contributed by atoms with Crippen molar-refractivity contribution < 1.29 is 29.4 Å². The van der Waals surface area contributed by atoms with E-state index in [1.54, 1.807) is 0 Å². The number of primary amides is 1. The van der Waals surface area contributed by atoms with E-state index >= 15 is 0 Å². The Kier molecular flexibility index (Phi) is 6.35. The Bertz CT molecular complexity index is 356. The van der Waals surface area contributed by atoms with Gasteiger partial charge in [-0.3, -0.25) is 14.4 Å². The summed E-state index contributed by atoms with van der Waals surface area (Å²) in [4.78, 5) is 43.0. The summed E-state index contributed by atoms with van der Waals surface area (Å²) < 4.78 is 0. The van der Waals surface area contributed by atoms with Crippen molar-refractivity contribution >= 4 is 23.8 Å². The SMILES string of the molecule is NC(=O)CC(N)C(=O)NC(CCC(=O)O)C(=O)O. The summed E-state index contributed by atoms with van der Waals surface area (Å²) in [6.07, 6.45) is -1.11. The molecule has 0 aliphatic heterocycles. The van der Waals surface area contributed by atoms with Gasteiger partial charge in [0, 0.05) is 6.42 Å². The zero-order valence-corrected chi connectivity index (χ0v) is 9.46. The number of carbonyl (C=O) groups excluding carboxylic acids is 2. The number of carboxylic acid groups (broad SMARTS) is 2. The summed E-state index contributed by atoms with van der Waals surface area (Å²) in [5.41, 5.74) is 10.1. The maximum atomic E-state index is 11.4. The lowest BCUT2D eigenvalue weighted by molar-refractivity contribution is -0.143. The molecular formula is C9H15N3O6. The molecule has 18 heavy (non-hydrogen) atoms. The molecule has 9 heteroatoms. The van der Waals surface area contributed by atoms with Crippen molar-refractivity contribution in [3.8, 4) is 0 Å². The number of aliphatic carboxylic acids is 2. The highest BCUT2D eigenvalue weighted by Crippen LogP contribution is 1.99. The fourth-order valence-electron chi connectivity index (χ4n) is 1.11. The van der Waals surface area contributed by atoms with Crippen LogP contribution in [0, 0.1) is 0 Å². The molecule has 0 fully saturated rings. The monoisotopic (exact) mass is 261 g/mol. The van der Waals surface area contributed by atoms with Crippen LogP contribution < -0.4 is 16.8 Å². The van der Waals surface area contributed by atoms with Gasteiger partial charge in [0.15, 0.2) is 0 Å². The van der Waals surface area contributed by atoms with Crippen LogP contribution in [-0.4, -0.2) is 46.0 Å². The lowest BCUT2D eigenvalue weighted by Gasteiger charge is -2.16. The summed E-state index contributed by atoms with van der Waals surface area (Å²) >= 11 is 0. The molecule has 0 saturated heterocycles. The predicted octanol–water partition coefficient (Wildman–Crippen LogP) is -2.38. The molecule has 0 spiro atoms. The molecule has 0 saturated carbocycles. The number of nitrogens with two attached hydrogens (primary N) is 2. The average Bonchev–Trinajstić information content (AvgIpc) is 2.21. The van der Waals surface area contributed by atoms with E-state index in [9.17, 15) is 19.2 Å². The smallest absolute Gasteiger partial charge is 0.326 e. The Morgan fingerprint density at radius 2 is 1.72 bits per heavy atom. The summed E-state index contributed by atoms with van der Waals surface area (Å²) in [6.45, 7) is 0. The molecule has 0 aliphatic rings. The van der Waals surface area contributed by atoms with Crippen LogP contribution in [0.1, 0.15) is 19.3 Å². The maximum absolute atomic E-state index is 11.4. The molecule has 0 aliphatic carbocycles. The molecule has 0 rings (SSSR count). The van der Waals surface area contributed by atoms with Crippen molar-refractivity contribution in [2.45, 2.75) is 31.3 Å². The second-order valence-corrected chi connectivity index (χ2v) is 3.61. The average molecular weight is 261 g/mol. The van der Waals surface area contributed by atoms with E-state index < -0.39 is 48.7 Å². The lowest BCUT2D eigenvalue weighted by atomic mass is 10.1. The van der Waals surface area contributed by atoms with E-state index in [0.29, 0.717) is 0 Å². The van der Waals surface area contributed by atoms with Crippen molar-refractivity contribution in [2.75, 3.05) is 0 Å². The molecule has 102 valence electrons. The molecule has 2 unspecified atom stereocenters. The van der Waals surface area contributed by atoms with Gasteiger partial charge in [-0.05, 0) is 6.42 Å². The third kappa shape index (κ3) is 6.43. The van der Waals surface area contributed by atoms with Crippen LogP contribution in [0.15, 0.2) is 0 Å². The largest absolute Gasteiger partial charge is 0.481 e. The molecule has 2 atom stereocenters. The first kappa shape index (κ1) is 15.8. The molecule has 0 aromatic carbocycles. The van der Waals surface area contributed by atoms with Crippen molar-refractivity contribution in [1.29, 1.82) is 0 Å². The number of carboxylic acids is 2. The van der Waals surface area contributed by atoms with Crippen molar-refractivity contribution in [1.82, 2.24) is 5.32 Å². The van der Waals surface area contributed by atoms with Crippen LogP contribution in [0.4, 0.5) is 0 Å². The fourth-order valence-corrected chi connectivity index (χ4v) is 1.11. The third-order valence-electron chi connectivity index (χ3n) is 2.02. The quantitative estimate of drug-likeness (QED) is 0.324. The Balaban J connectivity index is 4.40. The van der Waals surface area contributed by atoms with Gasteiger partial charge < -0.3 is 27.0 Å². The first-order valence-electron chi connectivity index (χ1n) is 5.03. The molecule has 0 aromatic rings. The van der Waals surface area contributed by atoms with Gasteiger partial charge in [0.25, 0.3) is 0 Å². The molecule has 7 N–H and O–H groups in total. The minimum absolute atomic E-state index is 0.278. The molecule has 0 heterocycles. The zero-order valence-electron chi connectivity index (χ0n) is 9.46. The Morgan fingerprint density at radius 3 is 2.11 bits per heavy atom. The van der Waals surface area contributed by atoms with Crippen molar-refractivity contribution in [3.63, 3.8) is 0 Å². The maximum Gasteiger partial charge on any atom is 0.326 e. The van der Waals surface area contributed by atoms with Gasteiger partial charge in [0.1, 0.15) is 6.04 Å². The Labute approximate surface area is 102 Å². The standard InChI is InChI=1S/C9H15N3O6/c10-4(3-6(11)13)8(16)12-5(9(17)18)1-2-7(14)15/h4-5H,1-3,10H2,(H2,11,13)(H,12,16)(H,14,15)(H,17,18). The summed E-state index contributed by atoms with van der Waals surface area (Å²) in [7, 11) is 0. The normalized spacial score (nSPS) is 13.4. The van der Waals surface area contributed by atoms with Gasteiger partial charge in [-0.2, -0.15) is 0 Å². The second kappa shape index (κ2) is 7.22. The van der Waals surface area contributed by atoms with E-state index in [-0.39, 0.29) is 6.42 Å². The number of rotatable bonds is 8. The molecule has 0 radical (unpaired) electrons. The van der Waals surface area contributed by atoms with Crippen LogP contribution >= 0.6 is 0 Å². The van der Waals surface area contributed by atoms with Gasteiger partial charge in [0.2, 0.25) is 11.8 Å². The van der Waals surface area contributed by atoms with Crippen LogP contribution in [0.2, 0.25) is 0 Å². The van der Waals surface area contributed by atoms with Gasteiger partial charge in [-0.1, -0.05) is 0 Å². The molecule has 2 amide bonds. The van der Waals surface area contributed by atoms with Crippen LogP contribution in [0.3, 0.4) is 0 Å². The van der Waals surface area contributed by atoms with Gasteiger partial charge in [0.05, 0.1) is 12.5 Å². The number of hydrogen-bond donors (Lipinski definition) is 5. The summed E-state index contributed by atoms with van der Waals surface area (Å²) in [6, 6.07) is -2.62. The minimum Gasteiger partial charge on any atom is -0.481 e. The number of amides is 2. The Morgan fingerprint density at radius 1 is 1.17 bits per heavy atom. The predicted molar refractivity (Wildman–Crippen MR) is 58.2 cm³/mol. The molecular weight excluding hydrogens is 246 g/mol. The van der Waals surface area contributed by atoms with Crippen molar-refractivity contribution in [3.05, 3.63) is 0 Å². The fraction of sp³-hybridized carbons (Fsp3) is 0.556. The van der Waals surface area contributed by atoms with E-state index in [4.69, 9.17) is 21.7 Å².